The van der Waals surface area contributed by atoms with Gasteiger partial charge >= 0.3 is 0 Å². The Hall–Kier alpha value is -2.87. The van der Waals surface area contributed by atoms with E-state index in [2.05, 4.69) is 10.0 Å². The number of amides is 2. The van der Waals surface area contributed by atoms with Crippen LogP contribution in [-0.2, 0) is 21.2 Å². The molecule has 2 N–H and O–H groups in total. The van der Waals surface area contributed by atoms with E-state index in [0.29, 0.717) is 13.0 Å². The minimum atomic E-state index is -3.91. The highest BCUT2D eigenvalue weighted by atomic mass is 32.2. The topological polar surface area (TPSA) is 95.6 Å². The quantitative estimate of drug-likeness (QED) is 0.736. The number of hydrogen-bond donors (Lipinski definition) is 2. The predicted molar refractivity (Wildman–Crippen MR) is 117 cm³/mol. The summed E-state index contributed by atoms with van der Waals surface area (Å²) >= 11 is 0. The first kappa shape index (κ1) is 21.8. The van der Waals surface area contributed by atoms with E-state index < -0.39 is 10.0 Å². The molecule has 0 spiro atoms. The van der Waals surface area contributed by atoms with Gasteiger partial charge in [0, 0.05) is 25.2 Å². The van der Waals surface area contributed by atoms with E-state index in [0.717, 1.165) is 24.1 Å². The number of para-hydroxylation sites is 1. The van der Waals surface area contributed by atoms with E-state index in [1.165, 1.54) is 13.0 Å². The van der Waals surface area contributed by atoms with Gasteiger partial charge in [-0.1, -0.05) is 19.1 Å². The molecule has 3 rings (SSSR count). The van der Waals surface area contributed by atoms with Gasteiger partial charge in [-0.3, -0.25) is 14.3 Å². The van der Waals surface area contributed by atoms with E-state index in [9.17, 15) is 18.0 Å². The minimum absolute atomic E-state index is 0.0213. The molecular formula is C22H27N3O4S. The van der Waals surface area contributed by atoms with Crippen LogP contribution in [0.15, 0.2) is 47.4 Å². The molecule has 2 aromatic rings. The van der Waals surface area contributed by atoms with Crippen molar-refractivity contribution in [3.8, 4) is 0 Å². The van der Waals surface area contributed by atoms with Crippen LogP contribution in [0.4, 0.5) is 11.4 Å². The molecule has 30 heavy (non-hydrogen) atoms. The van der Waals surface area contributed by atoms with Crippen molar-refractivity contribution in [1.82, 2.24) is 5.32 Å². The van der Waals surface area contributed by atoms with Gasteiger partial charge in [-0.2, -0.15) is 0 Å². The lowest BCUT2D eigenvalue weighted by Gasteiger charge is -2.28. The Labute approximate surface area is 177 Å². The third-order valence-electron chi connectivity index (χ3n) is 5.27. The standard InChI is InChI=1S/C22H27N3O4S/c1-4-15(2)23-22(27)19-9-5-6-10-20(19)24-30(28,29)18-11-12-21-17(14-18)8-7-13-25(21)16(3)26/h5-6,9-12,14-15,24H,4,7-8,13H2,1-3H3,(H,23,27). The molecule has 1 unspecified atom stereocenters. The van der Waals surface area contributed by atoms with E-state index in [4.69, 9.17) is 0 Å². The lowest BCUT2D eigenvalue weighted by atomic mass is 10.0. The summed E-state index contributed by atoms with van der Waals surface area (Å²) in [6.07, 6.45) is 2.25. The third kappa shape index (κ3) is 4.64. The van der Waals surface area contributed by atoms with E-state index in [1.807, 2.05) is 13.8 Å². The predicted octanol–water partition coefficient (Wildman–Crippen LogP) is 3.31. The smallest absolute Gasteiger partial charge is 0.261 e. The van der Waals surface area contributed by atoms with Crippen LogP contribution in [0, 0.1) is 0 Å². The highest BCUT2D eigenvalue weighted by Crippen LogP contribution is 2.30. The average molecular weight is 430 g/mol. The van der Waals surface area contributed by atoms with Crippen molar-refractivity contribution in [1.29, 1.82) is 0 Å². The van der Waals surface area contributed by atoms with Crippen LogP contribution in [0.3, 0.4) is 0 Å². The summed E-state index contributed by atoms with van der Waals surface area (Å²) in [5, 5.41) is 2.86. The summed E-state index contributed by atoms with van der Waals surface area (Å²) in [6, 6.07) is 11.3. The Bertz CT molecular complexity index is 1070. The number of carbonyl (C=O) groups is 2. The van der Waals surface area contributed by atoms with Gasteiger partial charge in [0.25, 0.3) is 15.9 Å². The van der Waals surface area contributed by atoms with Crippen LogP contribution in [0.5, 0.6) is 0 Å². The van der Waals surface area contributed by atoms with Gasteiger partial charge in [0.05, 0.1) is 16.1 Å². The van der Waals surface area contributed by atoms with Crippen LogP contribution in [-0.4, -0.2) is 32.8 Å². The van der Waals surface area contributed by atoms with Crippen molar-refractivity contribution in [3.63, 3.8) is 0 Å². The van der Waals surface area contributed by atoms with Gasteiger partial charge < -0.3 is 10.2 Å². The van der Waals surface area contributed by atoms with E-state index in [1.54, 1.807) is 41.3 Å². The van der Waals surface area contributed by atoms with Gasteiger partial charge in [0.15, 0.2) is 0 Å². The maximum atomic E-state index is 13.0. The molecular weight excluding hydrogens is 402 g/mol. The normalized spacial score (nSPS) is 14.6. The molecule has 0 radical (unpaired) electrons. The SMILES string of the molecule is CCC(C)NC(=O)c1ccccc1NS(=O)(=O)c1ccc2c(c1)CCCN2C(C)=O. The van der Waals surface area contributed by atoms with Crippen LogP contribution in [0.1, 0.15) is 49.5 Å². The fourth-order valence-corrected chi connectivity index (χ4v) is 4.58. The van der Waals surface area contributed by atoms with Gasteiger partial charge in [0.1, 0.15) is 0 Å². The van der Waals surface area contributed by atoms with Crippen LogP contribution < -0.4 is 14.9 Å². The second-order valence-corrected chi connectivity index (χ2v) is 9.18. The second kappa shape index (κ2) is 8.87. The zero-order valence-electron chi connectivity index (χ0n) is 17.4. The number of carbonyl (C=O) groups excluding carboxylic acids is 2. The fourth-order valence-electron chi connectivity index (χ4n) is 3.45. The summed E-state index contributed by atoms with van der Waals surface area (Å²) in [6.45, 7) is 5.99. The Balaban J connectivity index is 1.90. The van der Waals surface area contributed by atoms with Crippen LogP contribution in [0.2, 0.25) is 0 Å². The number of hydrogen-bond acceptors (Lipinski definition) is 4. The first-order valence-corrected chi connectivity index (χ1v) is 11.5. The first-order valence-electron chi connectivity index (χ1n) is 10.1. The van der Waals surface area contributed by atoms with E-state index >= 15 is 0 Å². The molecule has 0 fully saturated rings. The molecule has 0 saturated carbocycles. The zero-order valence-corrected chi connectivity index (χ0v) is 18.3. The first-order chi connectivity index (χ1) is 14.2. The monoisotopic (exact) mass is 429 g/mol. The molecule has 2 amide bonds. The van der Waals surface area contributed by atoms with Gasteiger partial charge in [-0.15, -0.1) is 0 Å². The highest BCUT2D eigenvalue weighted by molar-refractivity contribution is 7.92. The van der Waals surface area contributed by atoms with Crippen molar-refractivity contribution >= 4 is 33.2 Å². The Morgan fingerprint density at radius 2 is 1.90 bits per heavy atom. The molecule has 7 nitrogen and oxygen atoms in total. The van der Waals surface area contributed by atoms with Gasteiger partial charge in [-0.05, 0) is 62.1 Å². The number of fused-ring (bicyclic) bond motifs is 1. The zero-order chi connectivity index (χ0) is 21.9. The third-order valence-corrected chi connectivity index (χ3v) is 6.63. The molecule has 1 heterocycles. The average Bonchev–Trinajstić information content (AvgIpc) is 2.72. The number of nitrogens with one attached hydrogen (secondary N) is 2. The Kier molecular flexibility index (Phi) is 6.45. The lowest BCUT2D eigenvalue weighted by Crippen LogP contribution is -2.33. The molecule has 160 valence electrons. The number of aryl methyl sites for hydroxylation is 1. The lowest BCUT2D eigenvalue weighted by molar-refractivity contribution is -0.116. The van der Waals surface area contributed by atoms with E-state index in [-0.39, 0.29) is 34.0 Å². The summed E-state index contributed by atoms with van der Waals surface area (Å²) in [5.74, 6) is -0.392. The maximum absolute atomic E-state index is 13.0. The number of sulfonamides is 1. The minimum Gasteiger partial charge on any atom is -0.350 e. The Morgan fingerprint density at radius 1 is 1.17 bits per heavy atom. The second-order valence-electron chi connectivity index (χ2n) is 7.50. The number of nitrogens with zero attached hydrogens (tertiary/aromatic N) is 1. The molecule has 0 aromatic heterocycles. The molecule has 1 aliphatic rings. The number of rotatable bonds is 6. The molecule has 0 saturated heterocycles. The van der Waals surface area contributed by atoms with Gasteiger partial charge in [-0.25, -0.2) is 8.42 Å². The van der Waals surface area contributed by atoms with Crippen LogP contribution in [0.25, 0.3) is 0 Å². The van der Waals surface area contributed by atoms with Crippen molar-refractivity contribution in [2.45, 2.75) is 51.0 Å². The number of anilines is 2. The van der Waals surface area contributed by atoms with Gasteiger partial charge in [0.2, 0.25) is 5.91 Å². The largest absolute Gasteiger partial charge is 0.350 e. The molecule has 0 aliphatic carbocycles. The molecule has 0 bridgehead atoms. The molecule has 8 heteroatoms. The summed E-state index contributed by atoms with van der Waals surface area (Å²) < 4.78 is 28.6. The summed E-state index contributed by atoms with van der Waals surface area (Å²) in [4.78, 5) is 26.2. The molecule has 2 aromatic carbocycles. The maximum Gasteiger partial charge on any atom is 0.261 e. The fraction of sp³-hybridized carbons (Fsp3) is 0.364. The summed E-state index contributed by atoms with van der Waals surface area (Å²) in [5.41, 5.74) is 2.06. The Morgan fingerprint density at radius 3 is 2.60 bits per heavy atom. The molecule has 1 atom stereocenters. The van der Waals surface area contributed by atoms with Crippen molar-refractivity contribution in [2.24, 2.45) is 0 Å². The van der Waals surface area contributed by atoms with Crippen molar-refractivity contribution in [2.75, 3.05) is 16.2 Å². The molecule has 1 aliphatic heterocycles. The van der Waals surface area contributed by atoms with Crippen molar-refractivity contribution < 1.29 is 18.0 Å². The van der Waals surface area contributed by atoms with Crippen molar-refractivity contribution in [3.05, 3.63) is 53.6 Å². The summed E-state index contributed by atoms with van der Waals surface area (Å²) in [7, 11) is -3.91. The number of benzene rings is 2. The van der Waals surface area contributed by atoms with Crippen LogP contribution >= 0.6 is 0 Å². The highest BCUT2D eigenvalue weighted by Gasteiger charge is 2.24.